The van der Waals surface area contributed by atoms with Crippen molar-refractivity contribution in [2.24, 2.45) is 5.11 Å². The van der Waals surface area contributed by atoms with Crippen molar-refractivity contribution in [2.45, 2.75) is 50.7 Å². The Hall–Kier alpha value is -2.16. The van der Waals surface area contributed by atoms with Crippen LogP contribution >= 0.6 is 0 Å². The molecule has 32 heavy (non-hydrogen) atoms. The SMILES string of the molecule is CC(C)(C)[Si](OCC1CCC(N=[N+]=[N-])CN1S(C)(=O)=O)(c1ccccc1)c1ccccc1. The highest BCUT2D eigenvalue weighted by Gasteiger charge is 2.51. The summed E-state index contributed by atoms with van der Waals surface area (Å²) < 4.78 is 33.5. The zero-order valence-corrected chi connectivity index (χ0v) is 21.0. The van der Waals surface area contributed by atoms with Crippen LogP contribution in [0.25, 0.3) is 10.4 Å². The highest BCUT2D eigenvalue weighted by atomic mass is 32.2. The summed E-state index contributed by atoms with van der Waals surface area (Å²) in [6, 6.07) is 20.0. The highest BCUT2D eigenvalue weighted by molar-refractivity contribution is 7.88. The van der Waals surface area contributed by atoms with E-state index in [1.54, 1.807) is 0 Å². The quantitative estimate of drug-likeness (QED) is 0.266. The molecule has 2 aromatic carbocycles. The number of azide groups is 1. The van der Waals surface area contributed by atoms with Gasteiger partial charge in [-0.15, -0.1) is 0 Å². The van der Waals surface area contributed by atoms with E-state index in [1.807, 2.05) is 36.4 Å². The largest absolute Gasteiger partial charge is 0.406 e. The van der Waals surface area contributed by atoms with E-state index in [1.165, 1.54) is 10.6 Å². The van der Waals surface area contributed by atoms with Crippen LogP contribution in [0.4, 0.5) is 0 Å². The number of hydrogen-bond donors (Lipinski definition) is 0. The molecule has 3 rings (SSSR count). The lowest BCUT2D eigenvalue weighted by atomic mass is 10.0. The molecule has 0 N–H and O–H groups in total. The van der Waals surface area contributed by atoms with Gasteiger partial charge in [0.25, 0.3) is 8.32 Å². The van der Waals surface area contributed by atoms with Crippen molar-refractivity contribution in [1.82, 2.24) is 4.31 Å². The zero-order valence-electron chi connectivity index (χ0n) is 19.2. The molecular weight excluding hydrogens is 440 g/mol. The minimum atomic E-state index is -3.47. The van der Waals surface area contributed by atoms with Crippen LogP contribution in [0.2, 0.25) is 5.04 Å². The lowest BCUT2D eigenvalue weighted by Gasteiger charge is -2.45. The maximum Gasteiger partial charge on any atom is 0.261 e. The molecule has 0 saturated carbocycles. The van der Waals surface area contributed by atoms with Gasteiger partial charge in [0.1, 0.15) is 0 Å². The van der Waals surface area contributed by atoms with Gasteiger partial charge in [0.05, 0.1) is 18.9 Å². The van der Waals surface area contributed by atoms with E-state index in [-0.39, 0.29) is 23.7 Å². The first kappa shape index (κ1) is 24.5. The molecule has 2 atom stereocenters. The van der Waals surface area contributed by atoms with E-state index < -0.39 is 18.3 Å². The lowest BCUT2D eigenvalue weighted by molar-refractivity contribution is 0.153. The number of hydrogen-bond acceptors (Lipinski definition) is 4. The van der Waals surface area contributed by atoms with Crippen molar-refractivity contribution in [3.63, 3.8) is 0 Å². The van der Waals surface area contributed by atoms with Gasteiger partial charge in [0, 0.05) is 17.5 Å². The summed E-state index contributed by atoms with van der Waals surface area (Å²) in [5, 5.41) is 5.90. The van der Waals surface area contributed by atoms with Crippen molar-refractivity contribution < 1.29 is 12.8 Å². The van der Waals surface area contributed by atoms with Crippen molar-refractivity contribution >= 4 is 28.7 Å². The molecule has 9 heteroatoms. The predicted molar refractivity (Wildman–Crippen MR) is 131 cm³/mol. The molecule has 2 unspecified atom stereocenters. The second-order valence-corrected chi connectivity index (χ2v) is 15.6. The molecule has 0 bridgehead atoms. The van der Waals surface area contributed by atoms with Crippen molar-refractivity contribution in [3.05, 3.63) is 71.1 Å². The van der Waals surface area contributed by atoms with Crippen molar-refractivity contribution in [1.29, 1.82) is 0 Å². The zero-order chi connectivity index (χ0) is 23.4. The maximum atomic E-state index is 12.6. The lowest BCUT2D eigenvalue weighted by Crippen LogP contribution is -2.67. The Bertz CT molecular complexity index is 1010. The molecule has 1 heterocycles. The standard InChI is InChI=1S/C23H32N4O3SSi/c1-23(2,3)32(21-11-7-5-8-12-21,22-13-9-6-10-14-22)30-18-20-16-15-19(25-26-24)17-27(20)31(4,28)29/h5-14,19-20H,15-18H2,1-4H3. The van der Waals surface area contributed by atoms with Crippen molar-refractivity contribution in [2.75, 3.05) is 19.4 Å². The van der Waals surface area contributed by atoms with Gasteiger partial charge in [-0.05, 0) is 33.8 Å². The van der Waals surface area contributed by atoms with Crippen LogP contribution < -0.4 is 10.4 Å². The summed E-state index contributed by atoms with van der Waals surface area (Å²) in [6.07, 6.45) is 2.45. The first-order chi connectivity index (χ1) is 15.1. The van der Waals surface area contributed by atoms with Gasteiger partial charge >= 0.3 is 0 Å². The van der Waals surface area contributed by atoms with E-state index in [0.717, 1.165) is 10.4 Å². The third kappa shape index (κ3) is 5.08. The van der Waals surface area contributed by atoms with Gasteiger partial charge in [0.15, 0.2) is 0 Å². The molecule has 1 aliphatic rings. The van der Waals surface area contributed by atoms with Crippen LogP contribution in [-0.4, -0.2) is 52.5 Å². The molecule has 2 aromatic rings. The summed E-state index contributed by atoms with van der Waals surface area (Å²) in [6.45, 7) is 7.09. The molecule has 0 aromatic heterocycles. The van der Waals surface area contributed by atoms with Gasteiger partial charge in [-0.2, -0.15) is 4.31 Å². The van der Waals surface area contributed by atoms with E-state index in [9.17, 15) is 8.42 Å². The fourth-order valence-corrected chi connectivity index (χ4v) is 10.4. The molecule has 1 saturated heterocycles. The Morgan fingerprint density at radius 2 is 1.59 bits per heavy atom. The van der Waals surface area contributed by atoms with Crippen LogP contribution in [0.5, 0.6) is 0 Å². The normalized spacial score (nSPS) is 20.5. The van der Waals surface area contributed by atoms with Gasteiger partial charge in [-0.25, -0.2) is 8.42 Å². The van der Waals surface area contributed by atoms with E-state index in [0.29, 0.717) is 19.4 Å². The van der Waals surface area contributed by atoms with Crippen LogP contribution in [0.15, 0.2) is 65.8 Å². The summed E-state index contributed by atoms with van der Waals surface area (Å²) in [5.74, 6) is 0. The summed E-state index contributed by atoms with van der Waals surface area (Å²) in [7, 11) is -6.23. The van der Waals surface area contributed by atoms with Gasteiger partial charge in [-0.3, -0.25) is 0 Å². The van der Waals surface area contributed by atoms with Crippen LogP contribution in [-0.2, 0) is 14.4 Å². The first-order valence-corrected chi connectivity index (χ1v) is 14.6. The number of sulfonamides is 1. The smallest absolute Gasteiger partial charge is 0.261 e. The first-order valence-electron chi connectivity index (χ1n) is 10.9. The number of rotatable bonds is 7. The van der Waals surface area contributed by atoms with Crippen LogP contribution in [0, 0.1) is 0 Å². The Kier molecular flexibility index (Phi) is 7.47. The minimum absolute atomic E-state index is 0.187. The minimum Gasteiger partial charge on any atom is -0.406 e. The predicted octanol–water partition coefficient (Wildman–Crippen LogP) is 3.67. The Morgan fingerprint density at radius 3 is 2.03 bits per heavy atom. The van der Waals surface area contributed by atoms with Gasteiger partial charge < -0.3 is 4.43 Å². The molecular formula is C23H32N4O3SSi. The second kappa shape index (κ2) is 9.76. The molecule has 0 amide bonds. The number of piperidine rings is 1. The summed E-state index contributed by atoms with van der Waals surface area (Å²) >= 11 is 0. The maximum absolute atomic E-state index is 12.6. The third-order valence-corrected chi connectivity index (χ3v) is 12.5. The fraction of sp³-hybridized carbons (Fsp3) is 0.478. The number of benzene rings is 2. The molecule has 0 aliphatic carbocycles. The Balaban J connectivity index is 2.01. The summed E-state index contributed by atoms with van der Waals surface area (Å²) in [4.78, 5) is 2.88. The molecule has 1 fully saturated rings. The van der Waals surface area contributed by atoms with Gasteiger partial charge in [0.2, 0.25) is 10.0 Å². The molecule has 172 valence electrons. The van der Waals surface area contributed by atoms with Crippen molar-refractivity contribution in [3.8, 4) is 0 Å². The van der Waals surface area contributed by atoms with Gasteiger partial charge in [-0.1, -0.05) is 86.5 Å². The average Bonchev–Trinajstić information content (AvgIpc) is 2.75. The summed E-state index contributed by atoms with van der Waals surface area (Å²) in [5.41, 5.74) is 8.80. The fourth-order valence-electron chi connectivity index (χ4n) is 4.70. The van der Waals surface area contributed by atoms with Crippen LogP contribution in [0.3, 0.4) is 0 Å². The molecule has 7 nitrogen and oxygen atoms in total. The molecule has 1 aliphatic heterocycles. The van der Waals surface area contributed by atoms with Crippen LogP contribution in [0.1, 0.15) is 33.6 Å². The topological polar surface area (TPSA) is 95.4 Å². The second-order valence-electron chi connectivity index (χ2n) is 9.40. The third-order valence-electron chi connectivity index (χ3n) is 6.18. The van der Waals surface area contributed by atoms with E-state index >= 15 is 0 Å². The monoisotopic (exact) mass is 472 g/mol. The Labute approximate surface area is 192 Å². The molecule has 0 radical (unpaired) electrons. The Morgan fingerprint density at radius 1 is 1.06 bits per heavy atom. The van der Waals surface area contributed by atoms with E-state index in [4.69, 9.17) is 9.96 Å². The average molecular weight is 473 g/mol. The number of nitrogens with zero attached hydrogens (tertiary/aromatic N) is 4. The highest BCUT2D eigenvalue weighted by Crippen LogP contribution is 2.37. The van der Waals surface area contributed by atoms with E-state index in [2.05, 4.69) is 55.1 Å². The molecule has 0 spiro atoms.